The van der Waals surface area contributed by atoms with Crippen LogP contribution in [0.1, 0.15) is 34.5 Å². The summed E-state index contributed by atoms with van der Waals surface area (Å²) in [5.41, 5.74) is -0.628. The van der Waals surface area contributed by atoms with Gasteiger partial charge in [-0.1, -0.05) is 23.4 Å². The first-order valence-corrected chi connectivity index (χ1v) is 7.87. The molecule has 1 aromatic carbocycles. The summed E-state index contributed by atoms with van der Waals surface area (Å²) in [7, 11) is 0. The number of aliphatic hydroxyl groups is 1. The van der Waals surface area contributed by atoms with E-state index in [2.05, 4.69) is 10.3 Å². The summed E-state index contributed by atoms with van der Waals surface area (Å²) in [6.07, 6.45) is -1.61. The predicted octanol–water partition coefficient (Wildman–Crippen LogP) is 1.94. The molecule has 0 spiro atoms. The molecule has 1 saturated heterocycles. The van der Waals surface area contributed by atoms with Crippen molar-refractivity contribution in [3.8, 4) is 0 Å². The molecule has 0 unspecified atom stereocenters. The molecule has 0 bridgehead atoms. The molecule has 0 aliphatic carbocycles. The molecule has 1 atom stereocenters. The largest absolute Gasteiger partial charge is 0.416 e. The van der Waals surface area contributed by atoms with E-state index in [9.17, 15) is 23.1 Å². The van der Waals surface area contributed by atoms with Gasteiger partial charge in [0.2, 0.25) is 0 Å². The third-order valence-electron chi connectivity index (χ3n) is 4.26. The minimum atomic E-state index is -4.46. The normalized spacial score (nSPS) is 17.9. The molecule has 0 saturated carbocycles. The van der Waals surface area contributed by atoms with Crippen LogP contribution in [0.4, 0.5) is 13.2 Å². The van der Waals surface area contributed by atoms with E-state index in [1.54, 1.807) is 0 Å². The van der Waals surface area contributed by atoms with Gasteiger partial charge in [0.25, 0.3) is 5.91 Å². The molecule has 1 aromatic heterocycles. The lowest BCUT2D eigenvalue weighted by atomic mass is 10.1. The van der Waals surface area contributed by atoms with Gasteiger partial charge in [0.1, 0.15) is 0 Å². The Bertz CT molecular complexity index is 760. The lowest BCUT2D eigenvalue weighted by molar-refractivity contribution is -0.138. The van der Waals surface area contributed by atoms with Gasteiger partial charge in [0, 0.05) is 6.54 Å². The van der Waals surface area contributed by atoms with Crippen LogP contribution in [0.25, 0.3) is 0 Å². The highest BCUT2D eigenvalue weighted by atomic mass is 19.4. The Hall–Kier alpha value is -2.42. The van der Waals surface area contributed by atoms with Gasteiger partial charge >= 0.3 is 6.18 Å². The van der Waals surface area contributed by atoms with Gasteiger partial charge in [0.15, 0.2) is 5.69 Å². The van der Waals surface area contributed by atoms with Crippen molar-refractivity contribution in [1.82, 2.24) is 19.9 Å². The van der Waals surface area contributed by atoms with Gasteiger partial charge < -0.3 is 10.0 Å². The van der Waals surface area contributed by atoms with E-state index in [0.29, 0.717) is 6.54 Å². The molecule has 1 aliphatic heterocycles. The first kappa shape index (κ1) is 17.4. The lowest BCUT2D eigenvalue weighted by Crippen LogP contribution is -2.37. The SMILES string of the molecule is O=C(c1cn(Cc2ccccc2C(F)(F)F)nn1)N1CCC[C@H]1CO. The molecule has 1 fully saturated rings. The summed E-state index contributed by atoms with van der Waals surface area (Å²) < 4.78 is 40.3. The number of halogens is 3. The predicted molar refractivity (Wildman–Crippen MR) is 81.7 cm³/mol. The van der Waals surface area contributed by atoms with Crippen LogP contribution in [0.2, 0.25) is 0 Å². The van der Waals surface area contributed by atoms with Crippen LogP contribution >= 0.6 is 0 Å². The molecule has 134 valence electrons. The summed E-state index contributed by atoms with van der Waals surface area (Å²) in [6, 6.07) is 4.97. The summed E-state index contributed by atoms with van der Waals surface area (Å²) in [5, 5.41) is 16.8. The van der Waals surface area contributed by atoms with Crippen molar-refractivity contribution >= 4 is 5.91 Å². The van der Waals surface area contributed by atoms with Gasteiger partial charge in [-0.15, -0.1) is 5.10 Å². The van der Waals surface area contributed by atoms with Gasteiger partial charge in [-0.05, 0) is 24.5 Å². The molecule has 1 amide bonds. The molecule has 9 heteroatoms. The van der Waals surface area contributed by atoms with E-state index in [0.717, 1.165) is 18.9 Å². The zero-order valence-corrected chi connectivity index (χ0v) is 13.3. The van der Waals surface area contributed by atoms with Crippen LogP contribution in [0, 0.1) is 0 Å². The molecule has 2 heterocycles. The third kappa shape index (κ3) is 3.65. The van der Waals surface area contributed by atoms with Crippen LogP contribution in [-0.4, -0.2) is 50.1 Å². The summed E-state index contributed by atoms with van der Waals surface area (Å²) >= 11 is 0. The van der Waals surface area contributed by atoms with Crippen molar-refractivity contribution in [2.24, 2.45) is 0 Å². The highest BCUT2D eigenvalue weighted by Crippen LogP contribution is 2.32. The third-order valence-corrected chi connectivity index (χ3v) is 4.26. The van der Waals surface area contributed by atoms with Crippen LogP contribution in [0.5, 0.6) is 0 Å². The maximum Gasteiger partial charge on any atom is 0.416 e. The number of alkyl halides is 3. The number of hydrogen-bond donors (Lipinski definition) is 1. The van der Waals surface area contributed by atoms with E-state index in [4.69, 9.17) is 0 Å². The maximum absolute atomic E-state index is 13.0. The number of carbonyl (C=O) groups excluding carboxylic acids is 1. The number of hydrogen-bond acceptors (Lipinski definition) is 4. The average Bonchev–Trinajstić information content (AvgIpc) is 3.22. The zero-order valence-electron chi connectivity index (χ0n) is 13.3. The highest BCUT2D eigenvalue weighted by molar-refractivity contribution is 5.92. The van der Waals surface area contributed by atoms with E-state index in [-0.39, 0.29) is 36.4 Å². The number of likely N-dealkylation sites (tertiary alicyclic amines) is 1. The van der Waals surface area contributed by atoms with Crippen molar-refractivity contribution in [3.63, 3.8) is 0 Å². The van der Waals surface area contributed by atoms with E-state index in [1.165, 1.54) is 34.0 Å². The van der Waals surface area contributed by atoms with Crippen molar-refractivity contribution in [2.45, 2.75) is 31.6 Å². The molecular weight excluding hydrogens is 337 g/mol. The Balaban J connectivity index is 1.78. The van der Waals surface area contributed by atoms with E-state index in [1.807, 2.05) is 0 Å². The molecule has 6 nitrogen and oxygen atoms in total. The fourth-order valence-electron chi connectivity index (χ4n) is 3.02. The quantitative estimate of drug-likeness (QED) is 0.911. The standard InChI is InChI=1S/C16H17F3N4O2/c17-16(18,19)13-6-2-1-4-11(13)8-22-9-14(20-21-22)15(25)23-7-3-5-12(23)10-24/h1-2,4,6,9,12,24H,3,5,7-8,10H2/t12-/m0/s1. The summed E-state index contributed by atoms with van der Waals surface area (Å²) in [6.45, 7) is 0.256. The monoisotopic (exact) mass is 354 g/mol. The zero-order chi connectivity index (χ0) is 18.0. The number of aliphatic hydroxyl groups excluding tert-OH is 1. The average molecular weight is 354 g/mol. The Labute approximate surface area is 141 Å². The fourth-order valence-corrected chi connectivity index (χ4v) is 3.02. The number of amides is 1. The highest BCUT2D eigenvalue weighted by Gasteiger charge is 2.33. The molecular formula is C16H17F3N4O2. The first-order chi connectivity index (χ1) is 11.9. The minimum Gasteiger partial charge on any atom is -0.394 e. The molecule has 3 rings (SSSR count). The van der Waals surface area contributed by atoms with Crippen LogP contribution in [0.3, 0.4) is 0 Å². The molecule has 2 aromatic rings. The molecule has 1 aliphatic rings. The van der Waals surface area contributed by atoms with Gasteiger partial charge in [0.05, 0.1) is 31.0 Å². The van der Waals surface area contributed by atoms with Crippen LogP contribution < -0.4 is 0 Å². The van der Waals surface area contributed by atoms with Crippen molar-refractivity contribution in [1.29, 1.82) is 0 Å². The van der Waals surface area contributed by atoms with E-state index < -0.39 is 11.7 Å². The van der Waals surface area contributed by atoms with Gasteiger partial charge in [-0.2, -0.15) is 13.2 Å². The Morgan fingerprint density at radius 3 is 2.80 bits per heavy atom. The molecule has 0 radical (unpaired) electrons. The minimum absolute atomic E-state index is 0.0494. The second kappa shape index (κ2) is 6.83. The van der Waals surface area contributed by atoms with Gasteiger partial charge in [-0.25, -0.2) is 4.68 Å². The topological polar surface area (TPSA) is 71.2 Å². The number of rotatable bonds is 4. The smallest absolute Gasteiger partial charge is 0.394 e. The molecule has 25 heavy (non-hydrogen) atoms. The number of carbonyl (C=O) groups is 1. The number of benzene rings is 1. The Morgan fingerprint density at radius 2 is 2.08 bits per heavy atom. The van der Waals surface area contributed by atoms with Crippen molar-refractivity contribution in [3.05, 3.63) is 47.3 Å². The Kier molecular flexibility index (Phi) is 4.76. The maximum atomic E-state index is 13.0. The first-order valence-electron chi connectivity index (χ1n) is 7.87. The number of nitrogens with zero attached hydrogens (tertiary/aromatic N) is 4. The van der Waals surface area contributed by atoms with Crippen LogP contribution in [-0.2, 0) is 12.7 Å². The van der Waals surface area contributed by atoms with E-state index >= 15 is 0 Å². The molecule has 1 N–H and O–H groups in total. The van der Waals surface area contributed by atoms with Crippen molar-refractivity contribution < 1.29 is 23.1 Å². The summed E-state index contributed by atoms with van der Waals surface area (Å²) in [4.78, 5) is 14.0. The lowest BCUT2D eigenvalue weighted by Gasteiger charge is -2.21. The van der Waals surface area contributed by atoms with Crippen molar-refractivity contribution in [2.75, 3.05) is 13.2 Å². The fraction of sp³-hybridized carbons (Fsp3) is 0.438. The summed E-state index contributed by atoms with van der Waals surface area (Å²) in [5.74, 6) is -0.369. The Morgan fingerprint density at radius 1 is 1.32 bits per heavy atom. The van der Waals surface area contributed by atoms with Gasteiger partial charge in [-0.3, -0.25) is 4.79 Å². The second-order valence-corrected chi connectivity index (χ2v) is 5.93. The second-order valence-electron chi connectivity index (χ2n) is 5.93. The van der Waals surface area contributed by atoms with Crippen LogP contribution in [0.15, 0.2) is 30.5 Å². The number of aromatic nitrogens is 3.